The second-order valence-corrected chi connectivity index (χ2v) is 4.68. The summed E-state index contributed by atoms with van der Waals surface area (Å²) in [5.41, 5.74) is 1.24. The van der Waals surface area contributed by atoms with E-state index in [0.717, 1.165) is 24.4 Å². The van der Waals surface area contributed by atoms with Gasteiger partial charge in [0.2, 0.25) is 0 Å². The second-order valence-electron chi connectivity index (χ2n) is 4.68. The van der Waals surface area contributed by atoms with Crippen LogP contribution in [0.4, 0.5) is 0 Å². The Morgan fingerprint density at radius 2 is 2.06 bits per heavy atom. The van der Waals surface area contributed by atoms with Gasteiger partial charge in [-0.15, -0.1) is 0 Å². The molecule has 3 heteroatoms. The highest BCUT2D eigenvalue weighted by atomic mass is 16.4. The lowest BCUT2D eigenvalue weighted by molar-refractivity contribution is 0.0695. The zero-order valence-corrected chi connectivity index (χ0v) is 10.6. The minimum atomic E-state index is -0.857. The second kappa shape index (κ2) is 7.07. The van der Waals surface area contributed by atoms with Crippen molar-refractivity contribution in [1.29, 1.82) is 0 Å². The van der Waals surface area contributed by atoms with E-state index in [2.05, 4.69) is 19.2 Å². The highest BCUT2D eigenvalue weighted by Gasteiger charge is 2.07. The number of hydrogen-bond donors (Lipinski definition) is 2. The fourth-order valence-electron chi connectivity index (χ4n) is 1.74. The molecule has 17 heavy (non-hydrogen) atoms. The van der Waals surface area contributed by atoms with Gasteiger partial charge in [-0.25, -0.2) is 4.79 Å². The Morgan fingerprint density at radius 1 is 1.35 bits per heavy atom. The van der Waals surface area contributed by atoms with Crippen molar-refractivity contribution < 1.29 is 9.90 Å². The molecule has 0 aliphatic carbocycles. The molecule has 0 spiro atoms. The van der Waals surface area contributed by atoms with Gasteiger partial charge in [0.05, 0.1) is 5.56 Å². The summed E-state index contributed by atoms with van der Waals surface area (Å²) in [6.45, 7) is 5.98. The quantitative estimate of drug-likeness (QED) is 0.714. The molecular weight excluding hydrogens is 214 g/mol. The number of benzene rings is 1. The summed E-state index contributed by atoms with van der Waals surface area (Å²) in [4.78, 5) is 11.0. The Labute approximate surface area is 103 Å². The van der Waals surface area contributed by atoms with Gasteiger partial charge in [0, 0.05) is 6.54 Å². The Hall–Kier alpha value is -1.35. The van der Waals surface area contributed by atoms with Crippen LogP contribution in [0.15, 0.2) is 24.3 Å². The first-order chi connectivity index (χ1) is 8.11. The normalized spacial score (nSPS) is 10.8. The molecule has 0 bridgehead atoms. The van der Waals surface area contributed by atoms with Crippen LogP contribution in [0.5, 0.6) is 0 Å². The van der Waals surface area contributed by atoms with Gasteiger partial charge in [-0.1, -0.05) is 32.0 Å². The molecule has 1 aromatic carbocycles. The maximum absolute atomic E-state index is 11.0. The maximum atomic E-state index is 11.0. The molecule has 0 fully saturated rings. The third-order valence-corrected chi connectivity index (χ3v) is 2.70. The summed E-state index contributed by atoms with van der Waals surface area (Å²) in [7, 11) is 0. The van der Waals surface area contributed by atoms with E-state index in [1.54, 1.807) is 12.1 Å². The molecule has 0 saturated carbocycles. The average molecular weight is 235 g/mol. The maximum Gasteiger partial charge on any atom is 0.336 e. The number of nitrogens with one attached hydrogen (secondary N) is 1. The average Bonchev–Trinajstić information content (AvgIpc) is 2.28. The molecule has 1 rings (SSSR count). The van der Waals surface area contributed by atoms with Crippen LogP contribution in [0.25, 0.3) is 0 Å². The van der Waals surface area contributed by atoms with Crippen molar-refractivity contribution in [3.63, 3.8) is 0 Å². The standard InChI is InChI=1S/C14H21NO2/c1-11(2)6-5-9-15-10-12-7-3-4-8-13(12)14(16)17/h3-4,7-8,11,15H,5-6,9-10H2,1-2H3,(H,16,17). The van der Waals surface area contributed by atoms with E-state index in [-0.39, 0.29) is 0 Å². The summed E-state index contributed by atoms with van der Waals surface area (Å²) < 4.78 is 0. The number of carboxylic acid groups (broad SMARTS) is 1. The van der Waals surface area contributed by atoms with Gasteiger partial charge < -0.3 is 10.4 Å². The molecule has 0 radical (unpaired) electrons. The van der Waals surface area contributed by atoms with Gasteiger partial charge in [0.25, 0.3) is 0 Å². The van der Waals surface area contributed by atoms with E-state index < -0.39 is 5.97 Å². The molecule has 0 unspecified atom stereocenters. The monoisotopic (exact) mass is 235 g/mol. The molecular formula is C14H21NO2. The van der Waals surface area contributed by atoms with E-state index in [1.807, 2.05) is 12.1 Å². The van der Waals surface area contributed by atoms with E-state index in [1.165, 1.54) is 6.42 Å². The van der Waals surface area contributed by atoms with Crippen LogP contribution in [0, 0.1) is 5.92 Å². The van der Waals surface area contributed by atoms with Crippen LogP contribution >= 0.6 is 0 Å². The van der Waals surface area contributed by atoms with Crippen molar-refractivity contribution in [2.24, 2.45) is 5.92 Å². The summed E-state index contributed by atoms with van der Waals surface area (Å²) in [6.07, 6.45) is 2.33. The summed E-state index contributed by atoms with van der Waals surface area (Å²) >= 11 is 0. The van der Waals surface area contributed by atoms with Crippen LogP contribution in [-0.4, -0.2) is 17.6 Å². The molecule has 0 amide bonds. The van der Waals surface area contributed by atoms with Crippen molar-refractivity contribution in [3.8, 4) is 0 Å². The number of aromatic carboxylic acids is 1. The summed E-state index contributed by atoms with van der Waals surface area (Å²) in [5, 5.41) is 12.3. The van der Waals surface area contributed by atoms with Crippen LogP contribution in [-0.2, 0) is 6.54 Å². The first-order valence-corrected chi connectivity index (χ1v) is 6.13. The Balaban J connectivity index is 2.39. The highest BCUT2D eigenvalue weighted by molar-refractivity contribution is 5.89. The molecule has 0 heterocycles. The van der Waals surface area contributed by atoms with Crippen molar-refractivity contribution >= 4 is 5.97 Å². The minimum Gasteiger partial charge on any atom is -0.478 e. The predicted octanol–water partition coefficient (Wildman–Crippen LogP) is 2.91. The zero-order chi connectivity index (χ0) is 12.7. The number of hydrogen-bond acceptors (Lipinski definition) is 2. The number of carboxylic acids is 1. The smallest absolute Gasteiger partial charge is 0.336 e. The van der Waals surface area contributed by atoms with Crippen LogP contribution < -0.4 is 5.32 Å². The Morgan fingerprint density at radius 3 is 2.71 bits per heavy atom. The van der Waals surface area contributed by atoms with Gasteiger partial charge >= 0.3 is 5.97 Å². The van der Waals surface area contributed by atoms with Crippen molar-refractivity contribution in [2.75, 3.05) is 6.54 Å². The lowest BCUT2D eigenvalue weighted by Crippen LogP contribution is -2.17. The Kier molecular flexibility index (Phi) is 5.70. The van der Waals surface area contributed by atoms with Gasteiger partial charge in [-0.3, -0.25) is 0 Å². The molecule has 0 aromatic heterocycles. The lowest BCUT2D eigenvalue weighted by Gasteiger charge is -2.08. The van der Waals surface area contributed by atoms with E-state index >= 15 is 0 Å². The van der Waals surface area contributed by atoms with Gasteiger partial charge in [0.15, 0.2) is 0 Å². The van der Waals surface area contributed by atoms with Crippen LogP contribution in [0.1, 0.15) is 42.6 Å². The first-order valence-electron chi connectivity index (χ1n) is 6.13. The van der Waals surface area contributed by atoms with E-state index in [0.29, 0.717) is 12.1 Å². The topological polar surface area (TPSA) is 49.3 Å². The lowest BCUT2D eigenvalue weighted by atomic mass is 10.1. The van der Waals surface area contributed by atoms with E-state index in [4.69, 9.17) is 5.11 Å². The molecule has 3 nitrogen and oxygen atoms in total. The fraction of sp³-hybridized carbons (Fsp3) is 0.500. The SMILES string of the molecule is CC(C)CCCNCc1ccccc1C(=O)O. The third kappa shape index (κ3) is 5.00. The molecule has 1 aromatic rings. The largest absolute Gasteiger partial charge is 0.478 e. The minimum absolute atomic E-state index is 0.392. The molecule has 0 saturated heterocycles. The van der Waals surface area contributed by atoms with Gasteiger partial charge in [0.1, 0.15) is 0 Å². The van der Waals surface area contributed by atoms with Crippen molar-refractivity contribution in [2.45, 2.75) is 33.2 Å². The number of rotatable bonds is 7. The highest BCUT2D eigenvalue weighted by Crippen LogP contribution is 2.08. The fourth-order valence-corrected chi connectivity index (χ4v) is 1.74. The van der Waals surface area contributed by atoms with E-state index in [9.17, 15) is 4.79 Å². The van der Waals surface area contributed by atoms with Gasteiger partial charge in [-0.2, -0.15) is 0 Å². The predicted molar refractivity (Wildman–Crippen MR) is 69.2 cm³/mol. The van der Waals surface area contributed by atoms with Crippen molar-refractivity contribution in [1.82, 2.24) is 5.32 Å². The molecule has 94 valence electrons. The van der Waals surface area contributed by atoms with Crippen LogP contribution in [0.3, 0.4) is 0 Å². The van der Waals surface area contributed by atoms with Gasteiger partial charge in [-0.05, 0) is 36.9 Å². The first kappa shape index (κ1) is 13.7. The number of carbonyl (C=O) groups is 1. The summed E-state index contributed by atoms with van der Waals surface area (Å²) in [6, 6.07) is 7.13. The molecule has 0 aliphatic rings. The molecule has 0 aliphatic heterocycles. The third-order valence-electron chi connectivity index (χ3n) is 2.70. The summed E-state index contributed by atoms with van der Waals surface area (Å²) in [5.74, 6) is -0.132. The molecule has 2 N–H and O–H groups in total. The molecule has 0 atom stereocenters. The zero-order valence-electron chi connectivity index (χ0n) is 10.6. The Bertz CT molecular complexity index is 361. The van der Waals surface area contributed by atoms with Crippen LogP contribution in [0.2, 0.25) is 0 Å². The van der Waals surface area contributed by atoms with Crippen molar-refractivity contribution in [3.05, 3.63) is 35.4 Å².